The van der Waals surface area contributed by atoms with Gasteiger partial charge in [-0.1, -0.05) is 0 Å². The average Bonchev–Trinajstić information content (AvgIpc) is 2.71. The lowest BCUT2D eigenvalue weighted by atomic mass is 10.0. The van der Waals surface area contributed by atoms with E-state index in [1.807, 2.05) is 0 Å². The van der Waals surface area contributed by atoms with Crippen molar-refractivity contribution < 1.29 is 4.79 Å². The van der Waals surface area contributed by atoms with Crippen LogP contribution in [0.4, 0.5) is 0 Å². The third-order valence-electron chi connectivity index (χ3n) is 4.80. The van der Waals surface area contributed by atoms with Gasteiger partial charge in [0.1, 0.15) is 0 Å². The Morgan fingerprint density at radius 1 is 0.947 bits per heavy atom. The molecular formula is C14H26ClN3O. The third kappa shape index (κ3) is 3.41. The van der Waals surface area contributed by atoms with Gasteiger partial charge in [0.05, 0.1) is 5.92 Å². The molecule has 3 rings (SSSR count). The first-order valence-corrected chi connectivity index (χ1v) is 7.58. The molecule has 0 aromatic carbocycles. The Hall–Kier alpha value is -0.320. The van der Waals surface area contributed by atoms with Crippen molar-refractivity contribution in [3.05, 3.63) is 0 Å². The van der Waals surface area contributed by atoms with Gasteiger partial charge in [-0.15, -0.1) is 12.4 Å². The lowest BCUT2D eigenvalue weighted by Gasteiger charge is -2.32. The highest BCUT2D eigenvalue weighted by Crippen LogP contribution is 2.22. The molecule has 1 atom stereocenters. The van der Waals surface area contributed by atoms with Crippen molar-refractivity contribution in [3.8, 4) is 0 Å². The van der Waals surface area contributed by atoms with Gasteiger partial charge in [0.15, 0.2) is 0 Å². The lowest BCUT2D eigenvalue weighted by molar-refractivity contribution is -0.137. The Kier molecular flexibility index (Phi) is 5.48. The van der Waals surface area contributed by atoms with Crippen LogP contribution in [-0.4, -0.2) is 61.0 Å². The van der Waals surface area contributed by atoms with E-state index < -0.39 is 0 Å². The van der Waals surface area contributed by atoms with Crippen LogP contribution in [0, 0.1) is 5.92 Å². The normalized spacial score (nSPS) is 29.5. The minimum absolute atomic E-state index is 0. The Labute approximate surface area is 122 Å². The molecule has 110 valence electrons. The molecule has 0 bridgehead atoms. The van der Waals surface area contributed by atoms with Crippen molar-refractivity contribution in [2.75, 3.05) is 39.3 Å². The molecule has 0 spiro atoms. The number of nitrogens with zero attached hydrogens (tertiary/aromatic N) is 2. The molecule has 1 N–H and O–H groups in total. The molecule has 5 heteroatoms. The first-order valence-electron chi connectivity index (χ1n) is 7.58. The molecule has 1 unspecified atom stereocenters. The Balaban J connectivity index is 0.00000133. The van der Waals surface area contributed by atoms with E-state index in [0.29, 0.717) is 5.91 Å². The molecule has 0 radical (unpaired) electrons. The van der Waals surface area contributed by atoms with Crippen molar-refractivity contribution in [1.82, 2.24) is 15.1 Å². The molecule has 0 aromatic heterocycles. The highest BCUT2D eigenvalue weighted by Gasteiger charge is 2.31. The lowest BCUT2D eigenvalue weighted by Crippen LogP contribution is -2.52. The SMILES string of the molecule is Cl.O=C(C1CNC1)N1CCCC(N2CCCC2)CC1. The number of carbonyl (C=O) groups excluding carboxylic acids is 1. The van der Waals surface area contributed by atoms with E-state index in [-0.39, 0.29) is 18.3 Å². The second-order valence-corrected chi connectivity index (χ2v) is 6.01. The van der Waals surface area contributed by atoms with Gasteiger partial charge in [-0.05, 0) is 45.2 Å². The smallest absolute Gasteiger partial charge is 0.228 e. The van der Waals surface area contributed by atoms with Crippen LogP contribution >= 0.6 is 12.4 Å². The minimum atomic E-state index is 0. The summed E-state index contributed by atoms with van der Waals surface area (Å²) in [5.74, 6) is 0.671. The number of carbonyl (C=O) groups is 1. The molecule has 3 saturated heterocycles. The van der Waals surface area contributed by atoms with Crippen molar-refractivity contribution in [3.63, 3.8) is 0 Å². The molecule has 0 aliphatic carbocycles. The topological polar surface area (TPSA) is 35.6 Å². The monoisotopic (exact) mass is 287 g/mol. The van der Waals surface area contributed by atoms with Crippen LogP contribution in [0.5, 0.6) is 0 Å². The largest absolute Gasteiger partial charge is 0.342 e. The fraction of sp³-hybridized carbons (Fsp3) is 0.929. The number of rotatable bonds is 2. The standard InChI is InChI=1S/C14H25N3O.ClH/c18-14(12-10-15-11-12)17-8-3-4-13(5-9-17)16-6-1-2-7-16;/h12-13,15H,1-11H2;1H. The number of hydrogen-bond acceptors (Lipinski definition) is 3. The predicted molar refractivity (Wildman–Crippen MR) is 78.6 cm³/mol. The zero-order valence-electron chi connectivity index (χ0n) is 11.6. The molecule has 19 heavy (non-hydrogen) atoms. The maximum Gasteiger partial charge on any atom is 0.228 e. The van der Waals surface area contributed by atoms with Crippen molar-refractivity contribution in [1.29, 1.82) is 0 Å². The zero-order chi connectivity index (χ0) is 12.4. The van der Waals surface area contributed by atoms with Crippen molar-refractivity contribution in [2.45, 2.75) is 38.1 Å². The van der Waals surface area contributed by atoms with Crippen LogP contribution in [0.25, 0.3) is 0 Å². The Morgan fingerprint density at radius 2 is 1.68 bits per heavy atom. The van der Waals surface area contributed by atoms with Crippen LogP contribution in [0.3, 0.4) is 0 Å². The van der Waals surface area contributed by atoms with E-state index in [1.54, 1.807) is 0 Å². The zero-order valence-corrected chi connectivity index (χ0v) is 12.5. The van der Waals surface area contributed by atoms with Gasteiger partial charge >= 0.3 is 0 Å². The fourth-order valence-corrected chi connectivity index (χ4v) is 3.49. The summed E-state index contributed by atoms with van der Waals surface area (Å²) in [4.78, 5) is 17.0. The average molecular weight is 288 g/mol. The summed E-state index contributed by atoms with van der Waals surface area (Å²) in [5, 5.41) is 3.19. The highest BCUT2D eigenvalue weighted by atomic mass is 35.5. The van der Waals surface area contributed by atoms with Crippen LogP contribution in [-0.2, 0) is 4.79 Å². The van der Waals surface area contributed by atoms with Crippen molar-refractivity contribution >= 4 is 18.3 Å². The molecule has 4 nitrogen and oxygen atoms in total. The first-order chi connectivity index (χ1) is 8.84. The summed E-state index contributed by atoms with van der Waals surface area (Å²) < 4.78 is 0. The summed E-state index contributed by atoms with van der Waals surface area (Å²) in [6.45, 7) is 6.32. The maximum absolute atomic E-state index is 12.2. The van der Waals surface area contributed by atoms with Crippen molar-refractivity contribution in [2.24, 2.45) is 5.92 Å². The second-order valence-electron chi connectivity index (χ2n) is 6.01. The molecule has 3 fully saturated rings. The number of hydrogen-bond donors (Lipinski definition) is 1. The number of halogens is 1. The summed E-state index contributed by atoms with van der Waals surface area (Å²) in [5.41, 5.74) is 0. The summed E-state index contributed by atoms with van der Waals surface area (Å²) in [6.07, 6.45) is 6.39. The van der Waals surface area contributed by atoms with Gasteiger partial charge in [0.25, 0.3) is 0 Å². The Bertz CT molecular complexity index is 303. The van der Waals surface area contributed by atoms with Gasteiger partial charge in [-0.2, -0.15) is 0 Å². The molecule has 3 aliphatic rings. The van der Waals surface area contributed by atoms with Gasteiger partial charge in [-0.25, -0.2) is 0 Å². The van der Waals surface area contributed by atoms with Crippen LogP contribution in [0.15, 0.2) is 0 Å². The highest BCUT2D eigenvalue weighted by molar-refractivity contribution is 5.85. The van der Waals surface area contributed by atoms with Crippen LogP contribution in [0.2, 0.25) is 0 Å². The van der Waals surface area contributed by atoms with E-state index in [9.17, 15) is 4.79 Å². The van der Waals surface area contributed by atoms with E-state index in [1.165, 1.54) is 45.2 Å². The number of nitrogens with one attached hydrogen (secondary N) is 1. The quantitative estimate of drug-likeness (QED) is 0.826. The van der Waals surface area contributed by atoms with Crippen LogP contribution in [0.1, 0.15) is 32.1 Å². The third-order valence-corrected chi connectivity index (χ3v) is 4.80. The second kappa shape index (κ2) is 6.91. The first kappa shape index (κ1) is 15.1. The molecule has 0 aromatic rings. The Morgan fingerprint density at radius 3 is 2.32 bits per heavy atom. The molecule has 1 amide bonds. The molecule has 0 saturated carbocycles. The van der Waals surface area contributed by atoms with Gasteiger partial charge < -0.3 is 15.1 Å². The predicted octanol–water partition coefficient (Wildman–Crippen LogP) is 1.10. The van der Waals surface area contributed by atoms with E-state index in [2.05, 4.69) is 15.1 Å². The van der Waals surface area contributed by atoms with E-state index in [4.69, 9.17) is 0 Å². The van der Waals surface area contributed by atoms with Gasteiger partial charge in [0.2, 0.25) is 5.91 Å². The minimum Gasteiger partial charge on any atom is -0.342 e. The molecular weight excluding hydrogens is 262 g/mol. The molecule has 3 aliphatic heterocycles. The van der Waals surface area contributed by atoms with E-state index >= 15 is 0 Å². The summed E-state index contributed by atoms with van der Waals surface area (Å²) >= 11 is 0. The molecule has 3 heterocycles. The number of likely N-dealkylation sites (tertiary alicyclic amines) is 2. The van der Waals surface area contributed by atoms with E-state index in [0.717, 1.165) is 32.2 Å². The van der Waals surface area contributed by atoms with Crippen LogP contribution < -0.4 is 5.32 Å². The summed E-state index contributed by atoms with van der Waals surface area (Å²) in [6, 6.07) is 0.741. The maximum atomic E-state index is 12.2. The number of amides is 1. The summed E-state index contributed by atoms with van der Waals surface area (Å²) in [7, 11) is 0. The fourth-order valence-electron chi connectivity index (χ4n) is 3.49. The van der Waals surface area contributed by atoms with Gasteiger partial charge in [0, 0.05) is 32.2 Å². The van der Waals surface area contributed by atoms with Gasteiger partial charge in [-0.3, -0.25) is 4.79 Å².